The number of aliphatic hydroxyl groups excluding tert-OH is 1. The molecule has 6 heteroatoms. The third-order valence-corrected chi connectivity index (χ3v) is 5.71. The SMILES string of the molecule is CCC1CCCCC1NS(=O)(=O)c1cc(CO)ccc1F. The normalized spacial score (nSPS) is 23.2. The minimum atomic E-state index is -3.90. The van der Waals surface area contributed by atoms with Gasteiger partial charge in [-0.1, -0.05) is 32.3 Å². The zero-order valence-corrected chi connectivity index (χ0v) is 13.0. The summed E-state index contributed by atoms with van der Waals surface area (Å²) in [6.45, 7) is 1.73. The predicted molar refractivity (Wildman–Crippen MR) is 78.7 cm³/mol. The highest BCUT2D eigenvalue weighted by atomic mass is 32.2. The van der Waals surface area contributed by atoms with Gasteiger partial charge in [0.2, 0.25) is 10.0 Å². The molecular weight excluding hydrogens is 293 g/mol. The molecule has 1 fully saturated rings. The zero-order valence-electron chi connectivity index (χ0n) is 12.2. The molecule has 0 radical (unpaired) electrons. The summed E-state index contributed by atoms with van der Waals surface area (Å²) < 4.78 is 41.3. The van der Waals surface area contributed by atoms with E-state index < -0.39 is 15.8 Å². The highest BCUT2D eigenvalue weighted by Crippen LogP contribution is 2.28. The van der Waals surface area contributed by atoms with Gasteiger partial charge in [0.25, 0.3) is 0 Å². The number of aliphatic hydroxyl groups is 1. The maximum Gasteiger partial charge on any atom is 0.243 e. The maximum absolute atomic E-state index is 13.8. The summed E-state index contributed by atoms with van der Waals surface area (Å²) in [5.74, 6) is -0.485. The summed E-state index contributed by atoms with van der Waals surface area (Å²) in [7, 11) is -3.90. The Morgan fingerprint density at radius 3 is 2.71 bits per heavy atom. The smallest absolute Gasteiger partial charge is 0.243 e. The number of sulfonamides is 1. The first-order valence-electron chi connectivity index (χ1n) is 7.39. The molecule has 1 aromatic carbocycles. The van der Waals surface area contributed by atoms with Gasteiger partial charge in [0, 0.05) is 6.04 Å². The first-order valence-corrected chi connectivity index (χ1v) is 8.88. The molecule has 2 unspecified atom stereocenters. The van der Waals surface area contributed by atoms with Crippen molar-refractivity contribution in [3.05, 3.63) is 29.6 Å². The van der Waals surface area contributed by atoms with Crippen molar-refractivity contribution < 1.29 is 17.9 Å². The minimum Gasteiger partial charge on any atom is -0.392 e. The fourth-order valence-corrected chi connectivity index (χ4v) is 4.43. The zero-order chi connectivity index (χ0) is 15.5. The van der Waals surface area contributed by atoms with Crippen molar-refractivity contribution in [3.8, 4) is 0 Å². The third-order valence-electron chi connectivity index (χ3n) is 4.21. The van der Waals surface area contributed by atoms with E-state index in [1.807, 2.05) is 6.92 Å². The fraction of sp³-hybridized carbons (Fsp3) is 0.600. The van der Waals surface area contributed by atoms with Gasteiger partial charge in [0.1, 0.15) is 10.7 Å². The minimum absolute atomic E-state index is 0.133. The molecule has 1 aliphatic rings. The highest BCUT2D eigenvalue weighted by molar-refractivity contribution is 7.89. The van der Waals surface area contributed by atoms with Crippen molar-refractivity contribution in [2.75, 3.05) is 0 Å². The summed E-state index contributed by atoms with van der Waals surface area (Å²) >= 11 is 0. The number of benzene rings is 1. The number of hydrogen-bond acceptors (Lipinski definition) is 3. The Labute approximate surface area is 125 Å². The summed E-state index contributed by atoms with van der Waals surface area (Å²) in [6.07, 6.45) is 4.81. The van der Waals surface area contributed by atoms with E-state index in [1.165, 1.54) is 12.1 Å². The quantitative estimate of drug-likeness (QED) is 0.877. The Balaban J connectivity index is 2.25. The molecule has 0 amide bonds. The lowest BCUT2D eigenvalue weighted by molar-refractivity contribution is 0.280. The van der Waals surface area contributed by atoms with E-state index in [2.05, 4.69) is 4.72 Å². The number of hydrogen-bond donors (Lipinski definition) is 2. The van der Waals surface area contributed by atoms with Gasteiger partial charge in [0.15, 0.2) is 0 Å². The second kappa shape index (κ2) is 6.85. The molecule has 1 aliphatic carbocycles. The molecule has 2 N–H and O–H groups in total. The Hall–Kier alpha value is -0.980. The van der Waals surface area contributed by atoms with E-state index in [1.54, 1.807) is 0 Å². The van der Waals surface area contributed by atoms with E-state index >= 15 is 0 Å². The molecule has 118 valence electrons. The second-order valence-corrected chi connectivity index (χ2v) is 7.29. The molecule has 0 spiro atoms. The average Bonchev–Trinajstić information content (AvgIpc) is 2.47. The summed E-state index contributed by atoms with van der Waals surface area (Å²) in [5.41, 5.74) is 0.382. The molecule has 4 nitrogen and oxygen atoms in total. The average molecular weight is 315 g/mol. The van der Waals surface area contributed by atoms with Crippen LogP contribution >= 0.6 is 0 Å². The van der Waals surface area contributed by atoms with Crippen molar-refractivity contribution in [1.82, 2.24) is 4.72 Å². The molecule has 1 saturated carbocycles. The Morgan fingerprint density at radius 1 is 1.33 bits per heavy atom. The lowest BCUT2D eigenvalue weighted by Gasteiger charge is -2.31. The Kier molecular flexibility index (Phi) is 5.35. The van der Waals surface area contributed by atoms with Crippen molar-refractivity contribution in [2.24, 2.45) is 5.92 Å². The molecule has 0 bridgehead atoms. The van der Waals surface area contributed by atoms with Gasteiger partial charge in [-0.3, -0.25) is 0 Å². The van der Waals surface area contributed by atoms with E-state index in [9.17, 15) is 12.8 Å². The van der Waals surface area contributed by atoms with Crippen LogP contribution in [0.3, 0.4) is 0 Å². The van der Waals surface area contributed by atoms with Gasteiger partial charge in [-0.15, -0.1) is 0 Å². The fourth-order valence-electron chi connectivity index (χ4n) is 2.97. The molecule has 0 saturated heterocycles. The van der Waals surface area contributed by atoms with Crippen molar-refractivity contribution in [1.29, 1.82) is 0 Å². The number of nitrogens with one attached hydrogen (secondary N) is 1. The number of halogens is 1. The van der Waals surface area contributed by atoms with Crippen LogP contribution in [0.2, 0.25) is 0 Å². The van der Waals surface area contributed by atoms with Gasteiger partial charge >= 0.3 is 0 Å². The Bertz CT molecular complexity index is 589. The van der Waals surface area contributed by atoms with Crippen molar-refractivity contribution in [3.63, 3.8) is 0 Å². The molecule has 21 heavy (non-hydrogen) atoms. The molecule has 2 atom stereocenters. The summed E-state index contributed by atoms with van der Waals surface area (Å²) in [5, 5.41) is 9.08. The highest BCUT2D eigenvalue weighted by Gasteiger charge is 2.29. The molecule has 0 heterocycles. The molecule has 2 rings (SSSR count). The number of rotatable bonds is 5. The molecule has 0 aromatic heterocycles. The molecule has 1 aromatic rings. The van der Waals surface area contributed by atoms with Crippen LogP contribution in [0.25, 0.3) is 0 Å². The third kappa shape index (κ3) is 3.81. The standard InChI is InChI=1S/C15H22FNO3S/c1-2-12-5-3-4-6-14(12)17-21(19,20)15-9-11(10-18)7-8-13(15)16/h7-9,12,14,17-18H,2-6,10H2,1H3. The summed E-state index contributed by atoms with van der Waals surface area (Å²) in [6, 6.07) is 3.52. The van der Waals surface area contributed by atoms with Crippen LogP contribution in [-0.2, 0) is 16.6 Å². The van der Waals surface area contributed by atoms with E-state index in [0.29, 0.717) is 11.5 Å². The first-order chi connectivity index (χ1) is 9.97. The van der Waals surface area contributed by atoms with E-state index in [4.69, 9.17) is 5.11 Å². The Morgan fingerprint density at radius 2 is 2.05 bits per heavy atom. The predicted octanol–water partition coefficient (Wildman–Crippen LogP) is 2.57. The van der Waals surface area contributed by atoms with Crippen LogP contribution < -0.4 is 4.72 Å². The van der Waals surface area contributed by atoms with Gasteiger partial charge in [-0.2, -0.15) is 0 Å². The van der Waals surface area contributed by atoms with Crippen LogP contribution in [-0.4, -0.2) is 19.6 Å². The van der Waals surface area contributed by atoms with Crippen LogP contribution in [0.5, 0.6) is 0 Å². The van der Waals surface area contributed by atoms with E-state index in [0.717, 1.165) is 38.2 Å². The van der Waals surface area contributed by atoms with Crippen LogP contribution in [0, 0.1) is 11.7 Å². The lowest BCUT2D eigenvalue weighted by atomic mass is 9.83. The lowest BCUT2D eigenvalue weighted by Crippen LogP contribution is -2.42. The monoisotopic (exact) mass is 315 g/mol. The molecule has 0 aliphatic heterocycles. The second-order valence-electron chi connectivity index (χ2n) is 5.60. The maximum atomic E-state index is 13.8. The van der Waals surface area contributed by atoms with Gasteiger partial charge in [-0.25, -0.2) is 17.5 Å². The first kappa shape index (κ1) is 16.4. The van der Waals surface area contributed by atoms with Crippen LogP contribution in [0.1, 0.15) is 44.6 Å². The van der Waals surface area contributed by atoms with Crippen LogP contribution in [0.15, 0.2) is 23.1 Å². The van der Waals surface area contributed by atoms with Gasteiger partial charge in [-0.05, 0) is 36.5 Å². The summed E-state index contributed by atoms with van der Waals surface area (Å²) in [4.78, 5) is -0.380. The van der Waals surface area contributed by atoms with Crippen molar-refractivity contribution >= 4 is 10.0 Å². The van der Waals surface area contributed by atoms with Gasteiger partial charge < -0.3 is 5.11 Å². The van der Waals surface area contributed by atoms with E-state index in [-0.39, 0.29) is 17.5 Å². The largest absolute Gasteiger partial charge is 0.392 e. The topological polar surface area (TPSA) is 66.4 Å². The van der Waals surface area contributed by atoms with Crippen molar-refractivity contribution in [2.45, 2.75) is 56.6 Å². The van der Waals surface area contributed by atoms with Gasteiger partial charge in [0.05, 0.1) is 6.61 Å². The van der Waals surface area contributed by atoms with Crippen LogP contribution in [0.4, 0.5) is 4.39 Å². The molecular formula is C15H22FNO3S.